The second-order valence-corrected chi connectivity index (χ2v) is 3.30. The average Bonchev–Trinajstić information content (AvgIpc) is 2.43. The molecule has 0 bridgehead atoms. The van der Waals surface area contributed by atoms with Gasteiger partial charge in [-0.25, -0.2) is 0 Å². The lowest BCUT2D eigenvalue weighted by molar-refractivity contribution is 0.276. The van der Waals surface area contributed by atoms with Crippen molar-refractivity contribution in [2.75, 3.05) is 18.1 Å². The number of rotatable bonds is 5. The van der Waals surface area contributed by atoms with Gasteiger partial charge in [0.15, 0.2) is 5.82 Å². The predicted molar refractivity (Wildman–Crippen MR) is 56.7 cm³/mol. The van der Waals surface area contributed by atoms with Gasteiger partial charge >= 0.3 is 0 Å². The molecule has 1 heterocycles. The van der Waals surface area contributed by atoms with Crippen LogP contribution in [0.5, 0.6) is 0 Å². The summed E-state index contributed by atoms with van der Waals surface area (Å²) >= 11 is 0. The molecule has 1 rings (SSSR count). The summed E-state index contributed by atoms with van der Waals surface area (Å²) in [7, 11) is 0. The number of nitrogens with two attached hydrogens (primary N) is 2. The number of hydrogen-bond acceptors (Lipinski definition) is 4. The maximum Gasteiger partial charge on any atom is 0.169 e. The van der Waals surface area contributed by atoms with Gasteiger partial charge in [0.05, 0.1) is 11.4 Å². The summed E-state index contributed by atoms with van der Waals surface area (Å²) in [5.74, 6) is 0.395. The maximum atomic E-state index is 8.72. The highest BCUT2D eigenvalue weighted by Gasteiger charge is 2.11. The fourth-order valence-corrected chi connectivity index (χ4v) is 1.44. The van der Waals surface area contributed by atoms with Crippen LogP contribution in [0.25, 0.3) is 0 Å². The fourth-order valence-electron chi connectivity index (χ4n) is 1.44. The fraction of sp³-hybridized carbons (Fsp3) is 0.667. The number of nitrogen functional groups attached to an aromatic ring is 2. The highest BCUT2D eigenvalue weighted by atomic mass is 16.3. The molecule has 0 saturated heterocycles. The van der Waals surface area contributed by atoms with Gasteiger partial charge in [-0.3, -0.25) is 4.68 Å². The average molecular weight is 198 g/mol. The van der Waals surface area contributed by atoms with Crippen LogP contribution in [0.1, 0.15) is 25.5 Å². The lowest BCUT2D eigenvalue weighted by Crippen LogP contribution is -2.07. The molecule has 5 N–H and O–H groups in total. The molecular formula is C9H18N4O. The molecule has 0 unspecified atom stereocenters. The Bertz CT molecular complexity index is 295. The highest BCUT2D eigenvalue weighted by Crippen LogP contribution is 2.20. The summed E-state index contributed by atoms with van der Waals surface area (Å²) < 4.78 is 1.80. The Kier molecular flexibility index (Phi) is 3.76. The first-order chi connectivity index (χ1) is 6.70. The van der Waals surface area contributed by atoms with Crippen LogP contribution in [-0.4, -0.2) is 21.5 Å². The topological polar surface area (TPSA) is 90.1 Å². The van der Waals surface area contributed by atoms with Crippen LogP contribution in [0.3, 0.4) is 0 Å². The first kappa shape index (κ1) is 10.8. The second kappa shape index (κ2) is 4.85. The molecule has 80 valence electrons. The molecule has 5 heteroatoms. The van der Waals surface area contributed by atoms with E-state index in [1.807, 2.05) is 0 Å². The summed E-state index contributed by atoms with van der Waals surface area (Å²) in [6.45, 7) is 2.91. The number of nitrogens with zero attached hydrogens (tertiary/aromatic N) is 2. The van der Waals surface area contributed by atoms with Crippen molar-refractivity contribution in [2.24, 2.45) is 0 Å². The van der Waals surface area contributed by atoms with Crippen molar-refractivity contribution in [3.05, 3.63) is 5.69 Å². The second-order valence-electron chi connectivity index (χ2n) is 3.30. The largest absolute Gasteiger partial charge is 0.396 e. The van der Waals surface area contributed by atoms with Crippen molar-refractivity contribution in [1.29, 1.82) is 0 Å². The van der Waals surface area contributed by atoms with Gasteiger partial charge in [-0.2, -0.15) is 5.10 Å². The Morgan fingerprint density at radius 1 is 1.43 bits per heavy atom. The SMILES string of the molecule is CCCc1c(N)c(N)nn1CCCO. The summed E-state index contributed by atoms with van der Waals surface area (Å²) in [6.07, 6.45) is 2.56. The number of aliphatic hydroxyl groups is 1. The zero-order valence-electron chi connectivity index (χ0n) is 8.53. The Labute approximate surface area is 83.7 Å². The first-order valence-corrected chi connectivity index (χ1v) is 4.92. The third-order valence-electron chi connectivity index (χ3n) is 2.14. The van der Waals surface area contributed by atoms with Gasteiger partial charge in [0.1, 0.15) is 0 Å². The Balaban J connectivity index is 2.84. The molecule has 0 amide bonds. The van der Waals surface area contributed by atoms with E-state index in [1.54, 1.807) is 4.68 Å². The van der Waals surface area contributed by atoms with Crippen molar-refractivity contribution < 1.29 is 5.11 Å². The molecule has 14 heavy (non-hydrogen) atoms. The van der Waals surface area contributed by atoms with E-state index >= 15 is 0 Å². The molecule has 1 aromatic heterocycles. The van der Waals surface area contributed by atoms with Crippen LogP contribution in [-0.2, 0) is 13.0 Å². The molecule has 0 aliphatic rings. The minimum absolute atomic E-state index is 0.158. The molecule has 0 aliphatic carbocycles. The van der Waals surface area contributed by atoms with Crippen molar-refractivity contribution in [1.82, 2.24) is 9.78 Å². The number of anilines is 2. The van der Waals surface area contributed by atoms with E-state index in [4.69, 9.17) is 16.6 Å². The van der Waals surface area contributed by atoms with Gasteiger partial charge in [0, 0.05) is 13.2 Å². The van der Waals surface area contributed by atoms with E-state index in [0.29, 0.717) is 24.5 Å². The van der Waals surface area contributed by atoms with Crippen molar-refractivity contribution >= 4 is 11.5 Å². The minimum Gasteiger partial charge on any atom is -0.396 e. The van der Waals surface area contributed by atoms with Crippen LogP contribution < -0.4 is 11.5 Å². The molecule has 0 radical (unpaired) electrons. The number of hydrogen-bond donors (Lipinski definition) is 3. The Morgan fingerprint density at radius 2 is 2.14 bits per heavy atom. The molecule has 0 spiro atoms. The third kappa shape index (κ3) is 2.17. The molecule has 0 aliphatic heterocycles. The van der Waals surface area contributed by atoms with E-state index in [0.717, 1.165) is 18.5 Å². The van der Waals surface area contributed by atoms with Gasteiger partial charge in [-0.1, -0.05) is 13.3 Å². The number of aryl methyl sites for hydroxylation is 1. The summed E-state index contributed by atoms with van der Waals surface area (Å²) in [6, 6.07) is 0. The quantitative estimate of drug-likeness (QED) is 0.638. The smallest absolute Gasteiger partial charge is 0.169 e. The van der Waals surface area contributed by atoms with Crippen molar-refractivity contribution in [3.8, 4) is 0 Å². The lowest BCUT2D eigenvalue weighted by Gasteiger charge is -2.05. The molecular weight excluding hydrogens is 180 g/mol. The first-order valence-electron chi connectivity index (χ1n) is 4.92. The molecule has 1 aromatic rings. The Hall–Kier alpha value is -1.23. The molecule has 0 fully saturated rings. The standard InChI is InChI=1S/C9H18N4O/c1-2-4-7-8(10)9(11)12-13(7)5-3-6-14/h14H,2-6,10H2,1H3,(H2,11,12). The van der Waals surface area contributed by atoms with E-state index < -0.39 is 0 Å². The minimum atomic E-state index is 0.158. The maximum absolute atomic E-state index is 8.72. The van der Waals surface area contributed by atoms with Gasteiger partial charge < -0.3 is 16.6 Å². The van der Waals surface area contributed by atoms with E-state index in [1.165, 1.54) is 0 Å². The molecule has 0 atom stereocenters. The van der Waals surface area contributed by atoms with Crippen LogP contribution in [0.15, 0.2) is 0 Å². The number of aliphatic hydroxyl groups excluding tert-OH is 1. The van der Waals surface area contributed by atoms with Gasteiger partial charge in [0.25, 0.3) is 0 Å². The van der Waals surface area contributed by atoms with E-state index in [9.17, 15) is 0 Å². The predicted octanol–water partition coefficient (Wildman–Crippen LogP) is 0.382. The van der Waals surface area contributed by atoms with Gasteiger partial charge in [-0.15, -0.1) is 0 Å². The normalized spacial score (nSPS) is 10.7. The number of aromatic nitrogens is 2. The van der Waals surface area contributed by atoms with Crippen molar-refractivity contribution in [2.45, 2.75) is 32.7 Å². The van der Waals surface area contributed by atoms with Crippen molar-refractivity contribution in [3.63, 3.8) is 0 Å². The van der Waals surface area contributed by atoms with Gasteiger partial charge in [0.2, 0.25) is 0 Å². The monoisotopic (exact) mass is 198 g/mol. The van der Waals surface area contributed by atoms with E-state index in [2.05, 4.69) is 12.0 Å². The highest BCUT2D eigenvalue weighted by molar-refractivity contribution is 5.61. The van der Waals surface area contributed by atoms with Crippen LogP contribution in [0, 0.1) is 0 Å². The molecule has 0 aromatic carbocycles. The zero-order valence-corrected chi connectivity index (χ0v) is 8.53. The van der Waals surface area contributed by atoms with Crippen LogP contribution in [0.2, 0.25) is 0 Å². The Morgan fingerprint density at radius 3 is 2.71 bits per heavy atom. The summed E-state index contributed by atoms with van der Waals surface area (Å²) in [5.41, 5.74) is 13.0. The van der Waals surface area contributed by atoms with E-state index in [-0.39, 0.29) is 6.61 Å². The lowest BCUT2D eigenvalue weighted by atomic mass is 10.2. The van der Waals surface area contributed by atoms with Crippen LogP contribution >= 0.6 is 0 Å². The molecule has 0 saturated carbocycles. The zero-order chi connectivity index (χ0) is 10.6. The molecule has 5 nitrogen and oxygen atoms in total. The van der Waals surface area contributed by atoms with Gasteiger partial charge in [-0.05, 0) is 12.8 Å². The summed E-state index contributed by atoms with van der Waals surface area (Å²) in [4.78, 5) is 0. The summed E-state index contributed by atoms with van der Waals surface area (Å²) in [5, 5.41) is 12.8. The van der Waals surface area contributed by atoms with Crippen LogP contribution in [0.4, 0.5) is 11.5 Å². The third-order valence-corrected chi connectivity index (χ3v) is 2.14.